The van der Waals surface area contributed by atoms with E-state index in [2.05, 4.69) is 15.0 Å². The minimum Gasteiger partial charge on any atom is -0.351 e. The number of halogens is 3. The number of hydrogen-bond donors (Lipinski definition) is 1. The van der Waals surface area contributed by atoms with Crippen LogP contribution in [0.15, 0.2) is 65.2 Å². The van der Waals surface area contributed by atoms with Gasteiger partial charge in [-0.25, -0.2) is 0 Å². The standard InChI is InChI=1S/C21H19F3N2O2/c1-13(25-20(27)18-14(2)26-28-19(18)21(22,23)24)17(15-9-5-3-6-10-15)16-11-7-4-8-12-16/h3-13,17H,1-2H3,(H,25,27). The summed E-state index contributed by atoms with van der Waals surface area (Å²) in [4.78, 5) is 12.7. The number of rotatable bonds is 5. The molecule has 0 spiro atoms. The van der Waals surface area contributed by atoms with Gasteiger partial charge in [-0.15, -0.1) is 0 Å². The molecule has 0 saturated heterocycles. The van der Waals surface area contributed by atoms with E-state index in [9.17, 15) is 18.0 Å². The summed E-state index contributed by atoms with van der Waals surface area (Å²) in [7, 11) is 0. The number of carbonyl (C=O) groups excluding carboxylic acids is 1. The van der Waals surface area contributed by atoms with Crippen molar-refractivity contribution >= 4 is 5.91 Å². The lowest BCUT2D eigenvalue weighted by molar-refractivity contribution is -0.155. The van der Waals surface area contributed by atoms with E-state index < -0.39 is 29.4 Å². The number of alkyl halides is 3. The van der Waals surface area contributed by atoms with Crippen LogP contribution in [0, 0.1) is 6.92 Å². The maximum atomic E-state index is 13.1. The molecule has 1 N–H and O–H groups in total. The lowest BCUT2D eigenvalue weighted by Gasteiger charge is -2.26. The van der Waals surface area contributed by atoms with E-state index in [1.165, 1.54) is 6.92 Å². The topological polar surface area (TPSA) is 55.1 Å². The number of aryl methyl sites for hydroxylation is 1. The molecular formula is C21H19F3N2O2. The second-order valence-electron chi connectivity index (χ2n) is 6.53. The average Bonchev–Trinajstić information content (AvgIpc) is 3.06. The molecule has 1 heterocycles. The highest BCUT2D eigenvalue weighted by atomic mass is 19.4. The summed E-state index contributed by atoms with van der Waals surface area (Å²) >= 11 is 0. The number of benzene rings is 2. The molecule has 3 rings (SSSR count). The molecule has 146 valence electrons. The molecule has 28 heavy (non-hydrogen) atoms. The number of amides is 1. The Labute approximate surface area is 160 Å². The molecule has 0 aliphatic carbocycles. The fourth-order valence-electron chi connectivity index (χ4n) is 3.28. The van der Waals surface area contributed by atoms with Crippen LogP contribution in [0.5, 0.6) is 0 Å². The van der Waals surface area contributed by atoms with Crippen molar-refractivity contribution in [3.8, 4) is 0 Å². The SMILES string of the molecule is Cc1noc(C(F)(F)F)c1C(=O)NC(C)C(c1ccccc1)c1ccccc1. The molecule has 0 bridgehead atoms. The van der Waals surface area contributed by atoms with Gasteiger partial charge in [0.15, 0.2) is 0 Å². The minimum atomic E-state index is -4.80. The Bertz CT molecular complexity index is 898. The second-order valence-corrected chi connectivity index (χ2v) is 6.53. The van der Waals surface area contributed by atoms with Crippen LogP contribution in [0.4, 0.5) is 13.2 Å². The first-order valence-electron chi connectivity index (χ1n) is 8.73. The number of hydrogen-bond acceptors (Lipinski definition) is 3. The second kappa shape index (κ2) is 7.88. The van der Waals surface area contributed by atoms with Gasteiger partial charge in [0.1, 0.15) is 5.56 Å². The molecule has 0 fully saturated rings. The molecule has 1 amide bonds. The van der Waals surface area contributed by atoms with Crippen LogP contribution in [-0.4, -0.2) is 17.1 Å². The van der Waals surface area contributed by atoms with Gasteiger partial charge in [-0.2, -0.15) is 13.2 Å². The Morgan fingerprint density at radius 3 is 1.96 bits per heavy atom. The Morgan fingerprint density at radius 2 is 1.50 bits per heavy atom. The van der Waals surface area contributed by atoms with Crippen molar-refractivity contribution < 1.29 is 22.5 Å². The van der Waals surface area contributed by atoms with Crippen LogP contribution in [0.3, 0.4) is 0 Å². The van der Waals surface area contributed by atoms with Gasteiger partial charge in [0, 0.05) is 12.0 Å². The number of carbonyl (C=O) groups is 1. The summed E-state index contributed by atoms with van der Waals surface area (Å²) in [5.41, 5.74) is 1.20. The van der Waals surface area contributed by atoms with Gasteiger partial charge in [-0.05, 0) is 25.0 Å². The fraction of sp³-hybridized carbons (Fsp3) is 0.238. The van der Waals surface area contributed by atoms with E-state index in [0.29, 0.717) is 0 Å². The van der Waals surface area contributed by atoms with Crippen LogP contribution in [0.25, 0.3) is 0 Å². The van der Waals surface area contributed by atoms with E-state index >= 15 is 0 Å². The predicted molar refractivity (Wildman–Crippen MR) is 97.9 cm³/mol. The van der Waals surface area contributed by atoms with Gasteiger partial charge in [0.25, 0.3) is 11.7 Å². The molecule has 0 saturated carbocycles. The maximum absolute atomic E-state index is 13.1. The van der Waals surface area contributed by atoms with E-state index in [1.54, 1.807) is 6.92 Å². The third kappa shape index (κ3) is 4.08. The van der Waals surface area contributed by atoms with Crippen molar-refractivity contribution in [1.29, 1.82) is 0 Å². The number of nitrogens with one attached hydrogen (secondary N) is 1. The molecule has 1 unspecified atom stereocenters. The van der Waals surface area contributed by atoms with Crippen molar-refractivity contribution in [3.05, 3.63) is 88.8 Å². The normalized spacial score (nSPS) is 12.8. The first-order chi connectivity index (χ1) is 13.3. The van der Waals surface area contributed by atoms with Gasteiger partial charge in [-0.3, -0.25) is 4.79 Å². The third-order valence-electron chi connectivity index (χ3n) is 4.52. The van der Waals surface area contributed by atoms with Crippen molar-refractivity contribution in [3.63, 3.8) is 0 Å². The molecule has 1 atom stereocenters. The Kier molecular flexibility index (Phi) is 5.53. The van der Waals surface area contributed by atoms with Gasteiger partial charge < -0.3 is 9.84 Å². The molecule has 0 aliphatic rings. The van der Waals surface area contributed by atoms with Crippen molar-refractivity contribution in [1.82, 2.24) is 10.5 Å². The number of aromatic nitrogens is 1. The zero-order valence-corrected chi connectivity index (χ0v) is 15.3. The molecule has 0 aliphatic heterocycles. The van der Waals surface area contributed by atoms with E-state index in [1.807, 2.05) is 60.7 Å². The smallest absolute Gasteiger partial charge is 0.351 e. The fourth-order valence-corrected chi connectivity index (χ4v) is 3.28. The van der Waals surface area contributed by atoms with Gasteiger partial charge in [0.05, 0.1) is 5.69 Å². The summed E-state index contributed by atoms with van der Waals surface area (Å²) in [5, 5.41) is 6.01. The maximum Gasteiger partial charge on any atom is 0.453 e. The Balaban J connectivity index is 1.92. The summed E-state index contributed by atoms with van der Waals surface area (Å²) in [5.74, 6) is -2.48. The average molecular weight is 388 g/mol. The van der Waals surface area contributed by atoms with Gasteiger partial charge >= 0.3 is 6.18 Å². The van der Waals surface area contributed by atoms with Gasteiger partial charge in [-0.1, -0.05) is 65.8 Å². The van der Waals surface area contributed by atoms with E-state index in [0.717, 1.165) is 11.1 Å². The highest BCUT2D eigenvalue weighted by Crippen LogP contribution is 2.34. The van der Waals surface area contributed by atoms with Crippen LogP contribution in [0.2, 0.25) is 0 Å². The van der Waals surface area contributed by atoms with Crippen molar-refractivity contribution in [2.75, 3.05) is 0 Å². The molecule has 1 aromatic heterocycles. The lowest BCUT2D eigenvalue weighted by atomic mass is 9.85. The predicted octanol–water partition coefficient (Wildman–Crippen LogP) is 4.95. The van der Waals surface area contributed by atoms with Crippen LogP contribution in [0.1, 0.15) is 45.8 Å². The molecule has 3 aromatic rings. The van der Waals surface area contributed by atoms with E-state index in [4.69, 9.17) is 0 Å². The summed E-state index contributed by atoms with van der Waals surface area (Å²) < 4.78 is 43.8. The number of nitrogens with zero attached hydrogens (tertiary/aromatic N) is 1. The molecule has 2 aromatic carbocycles. The molecule has 4 nitrogen and oxygen atoms in total. The van der Waals surface area contributed by atoms with Crippen LogP contribution in [-0.2, 0) is 6.18 Å². The van der Waals surface area contributed by atoms with Gasteiger partial charge in [0.2, 0.25) is 0 Å². The van der Waals surface area contributed by atoms with Crippen LogP contribution >= 0.6 is 0 Å². The Hall–Kier alpha value is -3.09. The Morgan fingerprint density at radius 1 is 1.00 bits per heavy atom. The zero-order valence-electron chi connectivity index (χ0n) is 15.3. The highest BCUT2D eigenvalue weighted by molar-refractivity contribution is 5.96. The largest absolute Gasteiger partial charge is 0.453 e. The molecule has 0 radical (unpaired) electrons. The third-order valence-corrected chi connectivity index (χ3v) is 4.52. The highest BCUT2D eigenvalue weighted by Gasteiger charge is 2.42. The summed E-state index contributed by atoms with van der Waals surface area (Å²) in [6, 6.07) is 18.5. The molecular weight excluding hydrogens is 369 g/mol. The summed E-state index contributed by atoms with van der Waals surface area (Å²) in [6.45, 7) is 3.07. The quantitative estimate of drug-likeness (QED) is 0.673. The van der Waals surface area contributed by atoms with E-state index in [-0.39, 0.29) is 11.6 Å². The van der Waals surface area contributed by atoms with Crippen LogP contribution < -0.4 is 5.32 Å². The van der Waals surface area contributed by atoms with Crippen molar-refractivity contribution in [2.45, 2.75) is 32.0 Å². The zero-order chi connectivity index (χ0) is 20.3. The monoisotopic (exact) mass is 388 g/mol. The van der Waals surface area contributed by atoms with Crippen molar-refractivity contribution in [2.24, 2.45) is 0 Å². The molecule has 7 heteroatoms. The first kappa shape index (κ1) is 19.7. The lowest BCUT2D eigenvalue weighted by Crippen LogP contribution is -2.38. The minimum absolute atomic E-state index is 0.104. The first-order valence-corrected chi connectivity index (χ1v) is 8.73. The summed E-state index contributed by atoms with van der Waals surface area (Å²) in [6.07, 6.45) is -4.80.